The zero-order chi connectivity index (χ0) is 16.3. The van der Waals surface area contributed by atoms with Crippen LogP contribution >= 0.6 is 0 Å². The molecule has 3 rings (SSSR count). The Morgan fingerprint density at radius 1 is 1.35 bits per heavy atom. The topological polar surface area (TPSA) is 44.4 Å². The van der Waals surface area contributed by atoms with Gasteiger partial charge in [-0.1, -0.05) is 30.3 Å². The van der Waals surface area contributed by atoms with Crippen LogP contribution in [0.2, 0.25) is 0 Å². The highest BCUT2D eigenvalue weighted by molar-refractivity contribution is 5.82. The van der Waals surface area contributed by atoms with E-state index in [0.29, 0.717) is 5.41 Å². The molecule has 1 saturated carbocycles. The van der Waals surface area contributed by atoms with Crippen molar-refractivity contribution in [3.8, 4) is 0 Å². The molecular formula is C19H29N3O. The average Bonchev–Trinajstić information content (AvgIpc) is 3.22. The van der Waals surface area contributed by atoms with Gasteiger partial charge in [0.2, 0.25) is 5.91 Å². The molecule has 4 heteroatoms. The van der Waals surface area contributed by atoms with Gasteiger partial charge in [0.15, 0.2) is 0 Å². The second kappa shape index (κ2) is 7.02. The summed E-state index contributed by atoms with van der Waals surface area (Å²) in [5.74, 6) is 0.527. The standard InChI is InChI=1S/C19H29N3O/c1-15(13-22(2)14-16-6-4-3-5-7-16)21-18(23)17-12-19(17)8-10-20-11-9-19/h3-7,15,17,20H,8-14H2,1-2H3,(H,21,23). The number of nitrogens with one attached hydrogen (secondary N) is 2. The molecule has 1 saturated heterocycles. The predicted octanol–water partition coefficient (Wildman–Crippen LogP) is 2.01. The first-order valence-corrected chi connectivity index (χ1v) is 8.83. The molecule has 4 nitrogen and oxygen atoms in total. The van der Waals surface area contributed by atoms with Gasteiger partial charge in [-0.15, -0.1) is 0 Å². The van der Waals surface area contributed by atoms with Gasteiger partial charge in [0, 0.05) is 25.0 Å². The Hall–Kier alpha value is -1.39. The highest BCUT2D eigenvalue weighted by Gasteiger charge is 2.57. The first-order chi connectivity index (χ1) is 11.1. The van der Waals surface area contributed by atoms with E-state index in [-0.39, 0.29) is 17.9 Å². The minimum Gasteiger partial charge on any atom is -0.352 e. The molecule has 1 aliphatic heterocycles. The van der Waals surface area contributed by atoms with Gasteiger partial charge >= 0.3 is 0 Å². The molecule has 2 atom stereocenters. The maximum absolute atomic E-state index is 12.5. The molecule has 1 heterocycles. The third-order valence-corrected chi connectivity index (χ3v) is 5.38. The number of amides is 1. The Labute approximate surface area is 139 Å². The van der Waals surface area contributed by atoms with Crippen LogP contribution in [0, 0.1) is 11.3 Å². The zero-order valence-corrected chi connectivity index (χ0v) is 14.3. The third-order valence-electron chi connectivity index (χ3n) is 5.38. The second-order valence-electron chi connectivity index (χ2n) is 7.46. The van der Waals surface area contributed by atoms with E-state index in [2.05, 4.69) is 53.8 Å². The van der Waals surface area contributed by atoms with Crippen molar-refractivity contribution in [1.29, 1.82) is 0 Å². The summed E-state index contributed by atoms with van der Waals surface area (Å²) in [6, 6.07) is 10.7. The fraction of sp³-hybridized carbons (Fsp3) is 0.632. The Balaban J connectivity index is 1.42. The maximum Gasteiger partial charge on any atom is 0.223 e. The molecule has 2 fully saturated rings. The Kier molecular flexibility index (Phi) is 5.02. The fourth-order valence-electron chi connectivity index (χ4n) is 4.01. The first kappa shape index (κ1) is 16.5. The minimum absolute atomic E-state index is 0.190. The molecule has 2 aliphatic rings. The number of rotatable bonds is 6. The summed E-state index contributed by atoms with van der Waals surface area (Å²) in [7, 11) is 2.11. The molecule has 0 aromatic heterocycles. The van der Waals surface area contributed by atoms with Crippen molar-refractivity contribution < 1.29 is 4.79 Å². The van der Waals surface area contributed by atoms with Crippen LogP contribution in [0.1, 0.15) is 31.7 Å². The maximum atomic E-state index is 12.5. The number of carbonyl (C=O) groups excluding carboxylic acids is 1. The summed E-state index contributed by atoms with van der Waals surface area (Å²) >= 11 is 0. The molecule has 0 bridgehead atoms. The van der Waals surface area contributed by atoms with Gasteiger partial charge in [-0.3, -0.25) is 4.79 Å². The van der Waals surface area contributed by atoms with E-state index in [0.717, 1.165) is 45.4 Å². The van der Waals surface area contributed by atoms with Crippen LogP contribution in [0.4, 0.5) is 0 Å². The van der Waals surface area contributed by atoms with E-state index < -0.39 is 0 Å². The molecule has 126 valence electrons. The molecule has 2 N–H and O–H groups in total. The quantitative estimate of drug-likeness (QED) is 0.844. The van der Waals surface area contributed by atoms with Crippen molar-refractivity contribution in [1.82, 2.24) is 15.5 Å². The van der Waals surface area contributed by atoms with Crippen LogP contribution in [0.25, 0.3) is 0 Å². The van der Waals surface area contributed by atoms with E-state index in [1.807, 2.05) is 6.07 Å². The summed E-state index contributed by atoms with van der Waals surface area (Å²) in [5.41, 5.74) is 1.63. The molecule has 23 heavy (non-hydrogen) atoms. The number of piperidine rings is 1. The van der Waals surface area contributed by atoms with Gasteiger partial charge in [0.05, 0.1) is 0 Å². The smallest absolute Gasteiger partial charge is 0.223 e. The fourth-order valence-corrected chi connectivity index (χ4v) is 4.01. The molecule has 1 amide bonds. The molecule has 1 aliphatic carbocycles. The zero-order valence-electron chi connectivity index (χ0n) is 14.3. The Bertz CT molecular complexity index is 525. The Morgan fingerprint density at radius 3 is 2.74 bits per heavy atom. The normalized spacial score (nSPS) is 23.7. The monoisotopic (exact) mass is 315 g/mol. The highest BCUT2D eigenvalue weighted by Crippen LogP contribution is 2.58. The van der Waals surface area contributed by atoms with Crippen molar-refractivity contribution in [3.63, 3.8) is 0 Å². The molecule has 1 aromatic rings. The minimum atomic E-state index is 0.190. The van der Waals surface area contributed by atoms with Crippen LogP contribution in [0.15, 0.2) is 30.3 Å². The predicted molar refractivity (Wildman–Crippen MR) is 93.0 cm³/mol. The highest BCUT2D eigenvalue weighted by atomic mass is 16.2. The number of likely N-dealkylation sites (N-methyl/N-ethyl adjacent to an activating group) is 1. The van der Waals surface area contributed by atoms with Crippen LogP contribution < -0.4 is 10.6 Å². The van der Waals surface area contributed by atoms with Crippen molar-refractivity contribution >= 4 is 5.91 Å². The van der Waals surface area contributed by atoms with Crippen molar-refractivity contribution in [2.45, 2.75) is 38.8 Å². The Morgan fingerprint density at radius 2 is 2.04 bits per heavy atom. The molecule has 0 radical (unpaired) electrons. The molecule has 1 spiro atoms. The van der Waals surface area contributed by atoms with Gasteiger partial charge in [-0.25, -0.2) is 0 Å². The summed E-state index contributed by atoms with van der Waals surface area (Å²) < 4.78 is 0. The van der Waals surface area contributed by atoms with Gasteiger partial charge in [0.1, 0.15) is 0 Å². The molecular weight excluding hydrogens is 286 g/mol. The lowest BCUT2D eigenvalue weighted by Gasteiger charge is -2.25. The van der Waals surface area contributed by atoms with Crippen molar-refractivity contribution in [2.24, 2.45) is 11.3 Å². The lowest BCUT2D eigenvalue weighted by molar-refractivity contribution is -0.124. The van der Waals surface area contributed by atoms with E-state index in [1.54, 1.807) is 0 Å². The molecule has 2 unspecified atom stereocenters. The van der Waals surface area contributed by atoms with Crippen LogP contribution in [0.5, 0.6) is 0 Å². The number of benzene rings is 1. The lowest BCUT2D eigenvalue weighted by Crippen LogP contribution is -2.42. The van der Waals surface area contributed by atoms with E-state index >= 15 is 0 Å². The molecule has 1 aromatic carbocycles. The van der Waals surface area contributed by atoms with Crippen LogP contribution in [-0.4, -0.2) is 43.5 Å². The number of nitrogens with zero attached hydrogens (tertiary/aromatic N) is 1. The number of hydrogen-bond acceptors (Lipinski definition) is 3. The van der Waals surface area contributed by atoms with Gasteiger partial charge in [0.25, 0.3) is 0 Å². The summed E-state index contributed by atoms with van der Waals surface area (Å²) in [6.45, 7) is 6.04. The lowest BCUT2D eigenvalue weighted by atomic mass is 9.91. The van der Waals surface area contributed by atoms with Crippen LogP contribution in [-0.2, 0) is 11.3 Å². The van der Waals surface area contributed by atoms with Crippen molar-refractivity contribution in [2.75, 3.05) is 26.7 Å². The average molecular weight is 315 g/mol. The summed E-state index contributed by atoms with van der Waals surface area (Å²) in [4.78, 5) is 14.8. The summed E-state index contributed by atoms with van der Waals surface area (Å²) in [5, 5.41) is 6.62. The summed E-state index contributed by atoms with van der Waals surface area (Å²) in [6.07, 6.45) is 3.41. The van der Waals surface area contributed by atoms with Crippen LogP contribution in [0.3, 0.4) is 0 Å². The largest absolute Gasteiger partial charge is 0.352 e. The number of hydrogen-bond donors (Lipinski definition) is 2. The van der Waals surface area contributed by atoms with Gasteiger partial charge in [-0.2, -0.15) is 0 Å². The third kappa shape index (κ3) is 4.12. The van der Waals surface area contributed by atoms with E-state index in [4.69, 9.17) is 0 Å². The van der Waals surface area contributed by atoms with E-state index in [9.17, 15) is 4.79 Å². The number of carbonyl (C=O) groups is 1. The van der Waals surface area contributed by atoms with Gasteiger partial charge < -0.3 is 15.5 Å². The first-order valence-electron chi connectivity index (χ1n) is 8.83. The van der Waals surface area contributed by atoms with E-state index in [1.165, 1.54) is 5.56 Å². The van der Waals surface area contributed by atoms with Crippen molar-refractivity contribution in [3.05, 3.63) is 35.9 Å². The SMILES string of the molecule is CC(CN(C)Cc1ccccc1)NC(=O)C1CC12CCNCC2. The van der Waals surface area contributed by atoms with Gasteiger partial charge in [-0.05, 0) is 57.3 Å². The second-order valence-corrected chi connectivity index (χ2v) is 7.46.